The predicted octanol–water partition coefficient (Wildman–Crippen LogP) is 3.43. The van der Waals surface area contributed by atoms with Crippen molar-refractivity contribution >= 4 is 27.3 Å². The molecule has 1 aliphatic rings. The Morgan fingerprint density at radius 2 is 2.33 bits per heavy atom. The molecule has 18 heavy (non-hydrogen) atoms. The molecule has 0 spiro atoms. The van der Waals surface area contributed by atoms with Crippen molar-refractivity contribution in [2.75, 3.05) is 7.05 Å². The van der Waals surface area contributed by atoms with Gasteiger partial charge in [0.15, 0.2) is 5.82 Å². The molecule has 1 aliphatic heterocycles. The lowest BCUT2D eigenvalue weighted by Crippen LogP contribution is -2.14. The molecule has 0 bridgehead atoms. The predicted molar refractivity (Wildman–Crippen MR) is 78.9 cm³/mol. The number of aromatic nitrogens is 2. The van der Waals surface area contributed by atoms with Crippen LogP contribution in [0, 0.1) is 0 Å². The van der Waals surface area contributed by atoms with Crippen molar-refractivity contribution < 1.29 is 0 Å². The van der Waals surface area contributed by atoms with Gasteiger partial charge < -0.3 is 9.88 Å². The van der Waals surface area contributed by atoms with Crippen LogP contribution in [0.2, 0.25) is 0 Å². The van der Waals surface area contributed by atoms with Gasteiger partial charge in [-0.25, -0.2) is 4.98 Å². The summed E-state index contributed by atoms with van der Waals surface area (Å²) in [5.41, 5.74) is 2.65. The van der Waals surface area contributed by atoms with Crippen LogP contribution in [0.5, 0.6) is 0 Å². The van der Waals surface area contributed by atoms with Crippen molar-refractivity contribution in [2.45, 2.75) is 32.4 Å². The second kappa shape index (κ2) is 5.15. The average Bonchev–Trinajstić information content (AvgIpc) is 2.95. The Kier molecular flexibility index (Phi) is 3.54. The van der Waals surface area contributed by atoms with E-state index in [1.54, 1.807) is 11.3 Å². The maximum Gasteiger partial charge on any atom is 0.150 e. The van der Waals surface area contributed by atoms with Crippen LogP contribution in [-0.2, 0) is 19.5 Å². The summed E-state index contributed by atoms with van der Waals surface area (Å²) in [6.45, 7) is 1.97. The van der Waals surface area contributed by atoms with Crippen molar-refractivity contribution in [2.24, 2.45) is 0 Å². The third-order valence-electron chi connectivity index (χ3n) is 3.34. The highest BCUT2D eigenvalue weighted by atomic mass is 79.9. The topological polar surface area (TPSA) is 29.9 Å². The molecule has 3 heterocycles. The number of thiophene rings is 1. The van der Waals surface area contributed by atoms with E-state index < -0.39 is 0 Å². The number of fused-ring (bicyclic) bond motifs is 1. The van der Waals surface area contributed by atoms with Gasteiger partial charge in [-0.3, -0.25) is 0 Å². The first-order chi connectivity index (χ1) is 8.79. The van der Waals surface area contributed by atoms with Crippen LogP contribution in [-0.4, -0.2) is 16.6 Å². The number of nitrogens with zero attached hydrogens (tertiary/aromatic N) is 2. The number of nitrogens with one attached hydrogen (secondary N) is 1. The molecule has 0 aliphatic carbocycles. The van der Waals surface area contributed by atoms with Crippen LogP contribution >= 0.6 is 27.3 Å². The average molecular weight is 326 g/mol. The largest absolute Gasteiger partial charge is 0.327 e. The van der Waals surface area contributed by atoms with Gasteiger partial charge in [-0.05, 0) is 54.4 Å². The van der Waals surface area contributed by atoms with E-state index in [0.29, 0.717) is 0 Å². The van der Waals surface area contributed by atoms with E-state index in [0.717, 1.165) is 25.3 Å². The normalized spacial score (nSPS) is 14.8. The van der Waals surface area contributed by atoms with Crippen LogP contribution in [0.25, 0.3) is 10.7 Å². The van der Waals surface area contributed by atoms with Crippen LogP contribution in [0.3, 0.4) is 0 Å². The standard InChI is InChI=1S/C13H16BrN3S/c1-15-8-9-10-4-2-3-7-17(10)13(16-9)11-5-6-12(14)18-11/h5-6,15H,2-4,7-8H2,1H3. The summed E-state index contributed by atoms with van der Waals surface area (Å²) >= 11 is 5.29. The SMILES string of the molecule is CNCc1nc(-c2ccc(Br)s2)n2c1CCCC2. The van der Waals surface area contributed by atoms with Gasteiger partial charge in [0.05, 0.1) is 14.4 Å². The highest BCUT2D eigenvalue weighted by Gasteiger charge is 2.21. The summed E-state index contributed by atoms with van der Waals surface area (Å²) < 4.78 is 3.58. The van der Waals surface area contributed by atoms with Crippen molar-refractivity contribution in [1.29, 1.82) is 0 Å². The molecule has 96 valence electrons. The first-order valence-corrected chi connectivity index (χ1v) is 7.89. The number of hydrogen-bond acceptors (Lipinski definition) is 3. The maximum absolute atomic E-state index is 4.86. The molecule has 0 amide bonds. The summed E-state index contributed by atoms with van der Waals surface area (Å²) in [6.07, 6.45) is 3.72. The Hall–Kier alpha value is -0.650. The molecule has 3 nitrogen and oxygen atoms in total. The van der Waals surface area contributed by atoms with Gasteiger partial charge in [0.1, 0.15) is 0 Å². The molecule has 5 heteroatoms. The molecule has 0 saturated heterocycles. The molecule has 0 unspecified atom stereocenters. The number of halogens is 1. The minimum Gasteiger partial charge on any atom is -0.327 e. The molecule has 0 atom stereocenters. The van der Waals surface area contributed by atoms with Crippen molar-refractivity contribution in [3.8, 4) is 10.7 Å². The fourth-order valence-electron chi connectivity index (χ4n) is 2.55. The molecular weight excluding hydrogens is 310 g/mol. The summed E-state index contributed by atoms with van der Waals surface area (Å²) in [4.78, 5) is 6.11. The van der Waals surface area contributed by atoms with Gasteiger partial charge in [0.2, 0.25) is 0 Å². The highest BCUT2D eigenvalue weighted by molar-refractivity contribution is 9.11. The minimum absolute atomic E-state index is 0.863. The number of hydrogen-bond donors (Lipinski definition) is 1. The van der Waals surface area contributed by atoms with E-state index in [-0.39, 0.29) is 0 Å². The van der Waals surface area contributed by atoms with Crippen molar-refractivity contribution in [3.63, 3.8) is 0 Å². The van der Waals surface area contributed by atoms with Crippen LogP contribution in [0.4, 0.5) is 0 Å². The second-order valence-electron chi connectivity index (χ2n) is 4.57. The van der Waals surface area contributed by atoms with Gasteiger partial charge in [-0.15, -0.1) is 11.3 Å². The Labute approximate surface area is 119 Å². The molecule has 0 radical (unpaired) electrons. The Morgan fingerprint density at radius 1 is 1.44 bits per heavy atom. The van der Waals surface area contributed by atoms with E-state index in [1.807, 2.05) is 7.05 Å². The molecule has 3 rings (SSSR count). The molecule has 0 fully saturated rings. The molecule has 1 N–H and O–H groups in total. The monoisotopic (exact) mass is 325 g/mol. The van der Waals surface area contributed by atoms with Crippen LogP contribution in [0.1, 0.15) is 24.2 Å². The quantitative estimate of drug-likeness (QED) is 0.936. The van der Waals surface area contributed by atoms with Gasteiger partial charge in [0, 0.05) is 18.8 Å². The van der Waals surface area contributed by atoms with Gasteiger partial charge >= 0.3 is 0 Å². The fraction of sp³-hybridized carbons (Fsp3) is 0.462. The molecule has 2 aromatic rings. The zero-order valence-corrected chi connectivity index (χ0v) is 12.8. The lowest BCUT2D eigenvalue weighted by atomic mass is 10.1. The molecule has 0 aromatic carbocycles. The van der Waals surface area contributed by atoms with E-state index in [1.165, 1.54) is 32.9 Å². The Bertz CT molecular complexity index is 559. The number of rotatable bonds is 3. The summed E-state index contributed by atoms with van der Waals surface area (Å²) in [6, 6.07) is 4.25. The maximum atomic E-state index is 4.86. The third kappa shape index (κ3) is 2.15. The van der Waals surface area contributed by atoms with E-state index in [2.05, 4.69) is 37.9 Å². The Balaban J connectivity index is 2.08. The van der Waals surface area contributed by atoms with Crippen LogP contribution < -0.4 is 5.32 Å². The minimum atomic E-state index is 0.863. The summed E-state index contributed by atoms with van der Waals surface area (Å²) in [7, 11) is 1.98. The third-order valence-corrected chi connectivity index (χ3v) is 4.96. The zero-order valence-electron chi connectivity index (χ0n) is 10.4. The first-order valence-electron chi connectivity index (χ1n) is 6.28. The molecule has 0 saturated carbocycles. The lowest BCUT2D eigenvalue weighted by molar-refractivity contribution is 0.532. The lowest BCUT2D eigenvalue weighted by Gasteiger charge is -2.17. The van der Waals surface area contributed by atoms with Crippen molar-refractivity contribution in [3.05, 3.63) is 27.3 Å². The molecular formula is C13H16BrN3S. The van der Waals surface area contributed by atoms with E-state index in [9.17, 15) is 0 Å². The zero-order chi connectivity index (χ0) is 12.5. The molecule has 2 aromatic heterocycles. The first kappa shape index (κ1) is 12.4. The van der Waals surface area contributed by atoms with Gasteiger partial charge in [0.25, 0.3) is 0 Å². The van der Waals surface area contributed by atoms with Gasteiger partial charge in [-0.2, -0.15) is 0 Å². The van der Waals surface area contributed by atoms with E-state index >= 15 is 0 Å². The summed E-state index contributed by atoms with van der Waals surface area (Å²) in [5, 5.41) is 3.22. The van der Waals surface area contributed by atoms with Crippen molar-refractivity contribution in [1.82, 2.24) is 14.9 Å². The van der Waals surface area contributed by atoms with Gasteiger partial charge in [-0.1, -0.05) is 0 Å². The fourth-order valence-corrected chi connectivity index (χ4v) is 3.94. The number of imidazole rings is 1. The van der Waals surface area contributed by atoms with E-state index in [4.69, 9.17) is 4.98 Å². The highest BCUT2D eigenvalue weighted by Crippen LogP contribution is 2.33. The smallest absolute Gasteiger partial charge is 0.150 e. The second-order valence-corrected chi connectivity index (χ2v) is 7.03. The summed E-state index contributed by atoms with van der Waals surface area (Å²) in [5.74, 6) is 1.14. The van der Waals surface area contributed by atoms with Crippen LogP contribution in [0.15, 0.2) is 15.9 Å². The Morgan fingerprint density at radius 3 is 3.06 bits per heavy atom.